The normalized spacial score (nSPS) is 25.7. The first kappa shape index (κ1) is 18.9. The molecule has 142 valence electrons. The minimum absolute atomic E-state index is 0.139. The maximum atomic E-state index is 12.5. The van der Waals surface area contributed by atoms with Gasteiger partial charge in [-0.25, -0.2) is 4.79 Å². The monoisotopic (exact) mass is 378 g/mol. The van der Waals surface area contributed by atoms with Crippen molar-refractivity contribution in [2.75, 3.05) is 13.2 Å². The topological polar surface area (TPSA) is 75.7 Å². The van der Waals surface area contributed by atoms with Gasteiger partial charge >= 0.3 is 5.97 Å². The van der Waals surface area contributed by atoms with Gasteiger partial charge in [0.05, 0.1) is 4.88 Å². The molecule has 1 aromatic heterocycles. The van der Waals surface area contributed by atoms with Crippen LogP contribution in [0.5, 0.6) is 0 Å². The maximum absolute atomic E-state index is 12.5. The molecule has 0 bridgehead atoms. The van der Waals surface area contributed by atoms with Gasteiger partial charge in [-0.1, -0.05) is 25.8 Å². The molecule has 0 unspecified atom stereocenters. The van der Waals surface area contributed by atoms with Gasteiger partial charge in [-0.15, -0.1) is 11.3 Å². The number of nitrogens with one attached hydrogen (secondary N) is 1. The molecule has 2 fully saturated rings. The van der Waals surface area contributed by atoms with Crippen LogP contribution in [-0.2, 0) is 14.3 Å². The fourth-order valence-corrected chi connectivity index (χ4v) is 4.49. The molecule has 7 heteroatoms. The van der Waals surface area contributed by atoms with Gasteiger partial charge in [0.25, 0.3) is 11.8 Å². The zero-order valence-electron chi connectivity index (χ0n) is 15.1. The van der Waals surface area contributed by atoms with E-state index >= 15 is 0 Å². The van der Waals surface area contributed by atoms with Crippen LogP contribution in [0.3, 0.4) is 0 Å². The summed E-state index contributed by atoms with van der Waals surface area (Å²) in [6, 6.07) is 3.15. The summed E-state index contributed by atoms with van der Waals surface area (Å²) in [5, 5.41) is 4.82. The van der Waals surface area contributed by atoms with Gasteiger partial charge in [0.15, 0.2) is 6.61 Å². The highest BCUT2D eigenvalue weighted by Gasteiger charge is 2.36. The number of nitrogens with zero attached hydrogens (tertiary/aromatic N) is 1. The Bertz CT molecular complexity index is 646. The third-order valence-electron chi connectivity index (χ3n) is 5.32. The first-order valence-electron chi connectivity index (χ1n) is 9.36. The zero-order valence-corrected chi connectivity index (χ0v) is 15.9. The number of rotatable bonds is 5. The number of hydrogen-bond donors (Lipinski definition) is 1. The fraction of sp³-hybridized carbons (Fsp3) is 0.632. The van der Waals surface area contributed by atoms with Gasteiger partial charge in [-0.05, 0) is 43.0 Å². The number of likely N-dealkylation sites (tertiary alicyclic amines) is 1. The highest BCUT2D eigenvalue weighted by molar-refractivity contribution is 7.12. The van der Waals surface area contributed by atoms with Gasteiger partial charge < -0.3 is 15.0 Å². The van der Waals surface area contributed by atoms with Gasteiger partial charge in [0.1, 0.15) is 6.04 Å². The summed E-state index contributed by atoms with van der Waals surface area (Å²) in [5.74, 6) is -0.428. The molecule has 3 atom stereocenters. The van der Waals surface area contributed by atoms with Crippen molar-refractivity contribution in [1.29, 1.82) is 0 Å². The Balaban J connectivity index is 1.49. The highest BCUT2D eigenvalue weighted by Crippen LogP contribution is 2.24. The SMILES string of the molecule is C[C@@H]1CCCC[C@H]1NC(=O)COC(=O)[C@@H]1CCCN1C(=O)c1cccs1. The van der Waals surface area contributed by atoms with Crippen molar-refractivity contribution in [2.24, 2.45) is 5.92 Å². The smallest absolute Gasteiger partial charge is 0.329 e. The maximum Gasteiger partial charge on any atom is 0.329 e. The Morgan fingerprint density at radius 2 is 2.04 bits per heavy atom. The Labute approximate surface area is 157 Å². The molecule has 26 heavy (non-hydrogen) atoms. The van der Waals surface area contributed by atoms with Crippen molar-refractivity contribution in [3.05, 3.63) is 22.4 Å². The molecule has 3 rings (SSSR count). The molecule has 0 spiro atoms. The van der Waals surface area contributed by atoms with E-state index in [0.29, 0.717) is 23.8 Å². The van der Waals surface area contributed by atoms with E-state index in [9.17, 15) is 14.4 Å². The largest absolute Gasteiger partial charge is 0.454 e. The van der Waals surface area contributed by atoms with Crippen molar-refractivity contribution in [1.82, 2.24) is 10.2 Å². The first-order valence-corrected chi connectivity index (χ1v) is 10.2. The van der Waals surface area contributed by atoms with Gasteiger partial charge in [-0.2, -0.15) is 0 Å². The van der Waals surface area contributed by atoms with E-state index in [-0.39, 0.29) is 24.5 Å². The Kier molecular flexibility index (Phi) is 6.29. The van der Waals surface area contributed by atoms with Gasteiger partial charge in [0, 0.05) is 12.6 Å². The molecule has 1 aliphatic heterocycles. The predicted molar refractivity (Wildman–Crippen MR) is 98.9 cm³/mol. The average molecular weight is 378 g/mol. The molecule has 1 aromatic rings. The van der Waals surface area contributed by atoms with Crippen LogP contribution in [-0.4, -0.2) is 47.9 Å². The van der Waals surface area contributed by atoms with Crippen LogP contribution < -0.4 is 5.32 Å². The van der Waals surface area contributed by atoms with E-state index in [2.05, 4.69) is 12.2 Å². The van der Waals surface area contributed by atoms with E-state index in [4.69, 9.17) is 4.74 Å². The molecule has 1 saturated carbocycles. The van der Waals surface area contributed by atoms with Crippen LogP contribution in [0.1, 0.15) is 55.1 Å². The van der Waals surface area contributed by atoms with Crippen LogP contribution in [0.15, 0.2) is 17.5 Å². The first-order chi connectivity index (χ1) is 12.6. The van der Waals surface area contributed by atoms with E-state index < -0.39 is 12.0 Å². The molecule has 0 radical (unpaired) electrons. The van der Waals surface area contributed by atoms with Crippen molar-refractivity contribution in [3.63, 3.8) is 0 Å². The standard InChI is InChI=1S/C19H26N2O4S/c1-13-6-2-3-7-14(13)20-17(22)12-25-19(24)15-8-4-10-21(15)18(23)16-9-5-11-26-16/h5,9,11,13-15H,2-4,6-8,10,12H2,1H3,(H,20,22)/t13-,14-,15+/m1/s1. The molecule has 1 aliphatic carbocycles. The zero-order chi connectivity index (χ0) is 18.5. The number of thiophene rings is 1. The summed E-state index contributed by atoms with van der Waals surface area (Å²) in [6.07, 6.45) is 5.77. The predicted octanol–water partition coefficient (Wildman–Crippen LogP) is 2.59. The number of ether oxygens (including phenoxy) is 1. The highest BCUT2D eigenvalue weighted by atomic mass is 32.1. The Hall–Kier alpha value is -1.89. The Morgan fingerprint density at radius 3 is 2.77 bits per heavy atom. The third kappa shape index (κ3) is 4.44. The summed E-state index contributed by atoms with van der Waals surface area (Å²) in [7, 11) is 0. The van der Waals surface area contributed by atoms with Crippen molar-refractivity contribution >= 4 is 29.1 Å². The number of carbonyl (C=O) groups excluding carboxylic acids is 3. The number of esters is 1. The molecule has 2 amide bonds. The lowest BCUT2D eigenvalue weighted by Gasteiger charge is -2.29. The quantitative estimate of drug-likeness (QED) is 0.799. The van der Waals surface area contributed by atoms with Crippen molar-refractivity contribution in [3.8, 4) is 0 Å². The van der Waals surface area contributed by atoms with E-state index in [1.54, 1.807) is 11.0 Å². The summed E-state index contributed by atoms with van der Waals surface area (Å²) in [4.78, 5) is 39.2. The molecular formula is C19H26N2O4S. The lowest BCUT2D eigenvalue weighted by atomic mass is 9.86. The lowest BCUT2D eigenvalue weighted by Crippen LogP contribution is -2.45. The van der Waals surface area contributed by atoms with Crippen LogP contribution in [0, 0.1) is 5.92 Å². The van der Waals surface area contributed by atoms with Crippen LogP contribution >= 0.6 is 11.3 Å². The van der Waals surface area contributed by atoms with E-state index in [1.807, 2.05) is 11.4 Å². The minimum atomic E-state index is -0.592. The lowest BCUT2D eigenvalue weighted by molar-refractivity contribution is -0.152. The number of hydrogen-bond acceptors (Lipinski definition) is 5. The molecule has 0 aromatic carbocycles. The molecule has 2 heterocycles. The average Bonchev–Trinajstić information content (AvgIpc) is 3.33. The second-order valence-corrected chi connectivity index (χ2v) is 8.13. The Morgan fingerprint density at radius 1 is 1.23 bits per heavy atom. The summed E-state index contributed by atoms with van der Waals surface area (Å²) >= 11 is 1.36. The second kappa shape index (κ2) is 8.66. The van der Waals surface area contributed by atoms with Gasteiger partial charge in [0.2, 0.25) is 0 Å². The molecule has 6 nitrogen and oxygen atoms in total. The van der Waals surface area contributed by atoms with Crippen LogP contribution in [0.2, 0.25) is 0 Å². The second-order valence-electron chi connectivity index (χ2n) is 7.18. The van der Waals surface area contributed by atoms with Gasteiger partial charge in [-0.3, -0.25) is 9.59 Å². The summed E-state index contributed by atoms with van der Waals surface area (Å²) in [6.45, 7) is 2.41. The fourth-order valence-electron chi connectivity index (χ4n) is 3.81. The molecule has 2 aliphatic rings. The van der Waals surface area contributed by atoms with Crippen LogP contribution in [0.4, 0.5) is 0 Å². The van der Waals surface area contributed by atoms with E-state index in [0.717, 1.165) is 25.7 Å². The van der Waals surface area contributed by atoms with E-state index in [1.165, 1.54) is 17.8 Å². The number of amides is 2. The molecule has 1 saturated heterocycles. The van der Waals surface area contributed by atoms with Crippen molar-refractivity contribution < 1.29 is 19.1 Å². The van der Waals surface area contributed by atoms with Crippen LogP contribution in [0.25, 0.3) is 0 Å². The molecular weight excluding hydrogens is 352 g/mol. The molecule has 1 N–H and O–H groups in total. The number of carbonyl (C=O) groups is 3. The third-order valence-corrected chi connectivity index (χ3v) is 6.18. The van der Waals surface area contributed by atoms with Crippen molar-refractivity contribution in [2.45, 2.75) is 57.5 Å². The summed E-state index contributed by atoms with van der Waals surface area (Å²) in [5.41, 5.74) is 0. The summed E-state index contributed by atoms with van der Waals surface area (Å²) < 4.78 is 5.22. The minimum Gasteiger partial charge on any atom is -0.454 e.